The zero-order chi connectivity index (χ0) is 19.5. The number of carbonyl (C=O) groups is 4. The molecule has 0 bridgehead atoms. The van der Waals surface area contributed by atoms with Gasteiger partial charge in [-0.1, -0.05) is 30.3 Å². The highest BCUT2D eigenvalue weighted by molar-refractivity contribution is 6.30. The van der Waals surface area contributed by atoms with Gasteiger partial charge in [0, 0.05) is 6.42 Å². The van der Waals surface area contributed by atoms with E-state index in [0.29, 0.717) is 17.7 Å². The van der Waals surface area contributed by atoms with E-state index in [0.717, 1.165) is 5.56 Å². The minimum atomic E-state index is -1.60. The zero-order valence-corrected chi connectivity index (χ0v) is 13.6. The van der Waals surface area contributed by atoms with Crippen molar-refractivity contribution in [2.24, 2.45) is 5.73 Å². The van der Waals surface area contributed by atoms with Crippen molar-refractivity contribution in [1.82, 2.24) is 0 Å². The maximum Gasteiger partial charge on any atom is 0.394 e. The first-order valence-corrected chi connectivity index (χ1v) is 7.40. The monoisotopic (exact) mass is 359 g/mol. The summed E-state index contributed by atoms with van der Waals surface area (Å²) >= 11 is 0. The highest BCUT2D eigenvalue weighted by Gasteiger charge is 2.07. The lowest BCUT2D eigenvalue weighted by molar-refractivity contribution is -0.148. The Bertz CT molecular complexity index is 758. The predicted octanol–water partition coefficient (Wildman–Crippen LogP) is 1.48. The van der Waals surface area contributed by atoms with E-state index < -0.39 is 23.8 Å². The van der Waals surface area contributed by atoms with Gasteiger partial charge in [-0.3, -0.25) is 9.59 Å². The number of carboxylic acids is 2. The molecule has 1 amide bonds. The van der Waals surface area contributed by atoms with Crippen LogP contribution in [0.4, 0.5) is 0 Å². The van der Waals surface area contributed by atoms with Gasteiger partial charge in [-0.25, -0.2) is 9.59 Å². The summed E-state index contributed by atoms with van der Waals surface area (Å²) in [5.74, 6) is -3.73. The molecule has 0 aliphatic rings. The van der Waals surface area contributed by atoms with Crippen LogP contribution in [0.3, 0.4) is 0 Å². The number of primary amides is 1. The van der Waals surface area contributed by atoms with Crippen LogP contribution < -0.4 is 10.5 Å². The number of carboxylic acid groups (broad SMARTS) is 2. The van der Waals surface area contributed by atoms with Crippen LogP contribution in [0.25, 0.3) is 0 Å². The first-order chi connectivity index (χ1) is 12.3. The first-order valence-electron chi connectivity index (χ1n) is 7.40. The quantitative estimate of drug-likeness (QED) is 0.416. The lowest BCUT2D eigenvalue weighted by atomic mass is 10.1. The molecule has 0 heterocycles. The van der Waals surface area contributed by atoms with Crippen LogP contribution in [-0.2, 0) is 20.8 Å². The zero-order valence-electron chi connectivity index (χ0n) is 13.6. The van der Waals surface area contributed by atoms with Crippen LogP contribution in [0.15, 0.2) is 54.6 Å². The Labute approximate surface area is 148 Å². The number of ether oxygens (including phenoxy) is 1. The third-order valence-corrected chi connectivity index (χ3v) is 2.98. The molecule has 26 heavy (non-hydrogen) atoms. The van der Waals surface area contributed by atoms with E-state index in [9.17, 15) is 19.2 Å². The fraction of sp³-hybridized carbons (Fsp3) is 0.111. The lowest BCUT2D eigenvalue weighted by Gasteiger charge is -2.05. The summed E-state index contributed by atoms with van der Waals surface area (Å²) in [6.45, 7) is 0. The smallest absolute Gasteiger partial charge is 0.394 e. The van der Waals surface area contributed by atoms with Gasteiger partial charge in [0.1, 0.15) is 5.75 Å². The number of aryl methyl sites for hydroxylation is 1. The van der Waals surface area contributed by atoms with Crippen LogP contribution >= 0.6 is 0 Å². The van der Waals surface area contributed by atoms with Crippen molar-refractivity contribution in [3.05, 3.63) is 65.7 Å². The molecule has 0 unspecified atom stereocenters. The van der Waals surface area contributed by atoms with E-state index in [1.807, 2.05) is 6.07 Å². The number of hydrogen-bond donors (Lipinski definition) is 3. The Kier molecular flexibility index (Phi) is 8.02. The molecular formula is C18H17NO7. The van der Waals surface area contributed by atoms with Crippen molar-refractivity contribution >= 4 is 23.8 Å². The van der Waals surface area contributed by atoms with Crippen molar-refractivity contribution in [2.75, 3.05) is 0 Å². The number of aliphatic carboxylic acids is 2. The largest absolute Gasteiger partial charge is 0.481 e. The molecule has 136 valence electrons. The Hall–Kier alpha value is -3.68. The van der Waals surface area contributed by atoms with Crippen molar-refractivity contribution in [2.45, 2.75) is 12.8 Å². The van der Waals surface area contributed by atoms with Crippen LogP contribution in [0.1, 0.15) is 22.3 Å². The van der Waals surface area contributed by atoms with Gasteiger partial charge in [0.15, 0.2) is 0 Å². The average Bonchev–Trinajstić information content (AvgIpc) is 2.62. The van der Waals surface area contributed by atoms with E-state index in [1.54, 1.807) is 48.5 Å². The summed E-state index contributed by atoms with van der Waals surface area (Å²) in [5, 5.41) is 16.1. The summed E-state index contributed by atoms with van der Waals surface area (Å²) in [4.78, 5) is 40.8. The number of esters is 1. The normalized spacial score (nSPS) is 9.38. The summed E-state index contributed by atoms with van der Waals surface area (Å²) in [6, 6.07) is 15.6. The second-order valence-electron chi connectivity index (χ2n) is 4.96. The van der Waals surface area contributed by atoms with Gasteiger partial charge in [0.05, 0.1) is 5.56 Å². The van der Waals surface area contributed by atoms with Gasteiger partial charge in [-0.05, 0) is 36.2 Å². The number of hydrogen-bond acceptors (Lipinski definition) is 5. The van der Waals surface area contributed by atoms with E-state index in [2.05, 4.69) is 5.73 Å². The van der Waals surface area contributed by atoms with Gasteiger partial charge in [-0.2, -0.15) is 0 Å². The van der Waals surface area contributed by atoms with E-state index in [1.165, 1.54) is 0 Å². The van der Waals surface area contributed by atoms with Crippen LogP contribution in [0.5, 0.6) is 5.75 Å². The number of benzene rings is 2. The lowest BCUT2D eigenvalue weighted by Crippen LogP contribution is -2.21. The maximum atomic E-state index is 11.8. The van der Waals surface area contributed by atoms with Crippen molar-refractivity contribution in [1.29, 1.82) is 0 Å². The molecule has 2 rings (SSSR count). The molecule has 2 aromatic carbocycles. The number of carbonyl (C=O) groups excluding carboxylic acids is 2. The number of nitrogens with two attached hydrogens (primary N) is 1. The van der Waals surface area contributed by atoms with Crippen molar-refractivity contribution < 1.29 is 34.1 Å². The molecular weight excluding hydrogens is 342 g/mol. The van der Waals surface area contributed by atoms with Crippen molar-refractivity contribution in [3.8, 4) is 5.75 Å². The highest BCUT2D eigenvalue weighted by atomic mass is 16.5. The molecule has 0 spiro atoms. The molecule has 0 atom stereocenters. The summed E-state index contributed by atoms with van der Waals surface area (Å²) in [5.41, 5.74) is 5.58. The van der Waals surface area contributed by atoms with Gasteiger partial charge >= 0.3 is 23.8 Å². The minimum Gasteiger partial charge on any atom is -0.481 e. The Balaban J connectivity index is 0.000000487. The number of rotatable bonds is 5. The van der Waals surface area contributed by atoms with Gasteiger partial charge < -0.3 is 20.7 Å². The standard InChI is InChI=1S/C16H14O4.C2H3NO3/c17-15(18)11-8-12-6-9-14(10-7-12)20-16(19)13-4-2-1-3-5-13;3-1(4)2(5)6/h1-7,9-10H,8,11H2,(H,17,18);(H2,3,4)(H,5,6). The molecule has 0 radical (unpaired) electrons. The van der Waals surface area contributed by atoms with Gasteiger partial charge in [0.2, 0.25) is 0 Å². The summed E-state index contributed by atoms with van der Waals surface area (Å²) in [7, 11) is 0. The fourth-order valence-corrected chi connectivity index (χ4v) is 1.72. The predicted molar refractivity (Wildman–Crippen MR) is 90.6 cm³/mol. The molecule has 4 N–H and O–H groups in total. The van der Waals surface area contributed by atoms with Crippen molar-refractivity contribution in [3.63, 3.8) is 0 Å². The molecule has 0 saturated carbocycles. The molecule has 0 aromatic heterocycles. The Morgan fingerprint density at radius 2 is 1.42 bits per heavy atom. The van der Waals surface area contributed by atoms with Gasteiger partial charge in [0.25, 0.3) is 0 Å². The molecule has 8 nitrogen and oxygen atoms in total. The molecule has 0 saturated heterocycles. The van der Waals surface area contributed by atoms with E-state index >= 15 is 0 Å². The molecule has 0 aliphatic heterocycles. The third kappa shape index (κ3) is 7.73. The summed E-state index contributed by atoms with van der Waals surface area (Å²) < 4.78 is 5.23. The fourth-order valence-electron chi connectivity index (χ4n) is 1.72. The summed E-state index contributed by atoms with van der Waals surface area (Å²) in [6.07, 6.45) is 0.547. The second-order valence-corrected chi connectivity index (χ2v) is 4.96. The molecule has 8 heteroatoms. The van der Waals surface area contributed by atoms with Crippen LogP contribution in [0.2, 0.25) is 0 Å². The van der Waals surface area contributed by atoms with Gasteiger partial charge in [-0.15, -0.1) is 0 Å². The number of amides is 1. The van der Waals surface area contributed by atoms with E-state index in [4.69, 9.17) is 14.9 Å². The Morgan fingerprint density at radius 1 is 0.885 bits per heavy atom. The minimum absolute atomic E-state index is 0.0865. The highest BCUT2D eigenvalue weighted by Crippen LogP contribution is 2.15. The molecule has 0 aliphatic carbocycles. The van der Waals surface area contributed by atoms with Crippen LogP contribution in [-0.4, -0.2) is 34.0 Å². The second kappa shape index (κ2) is 10.2. The third-order valence-electron chi connectivity index (χ3n) is 2.98. The topological polar surface area (TPSA) is 144 Å². The SMILES string of the molecule is NC(=O)C(=O)O.O=C(O)CCc1ccc(OC(=O)c2ccccc2)cc1. The van der Waals surface area contributed by atoms with Crippen LogP contribution in [0, 0.1) is 0 Å². The first kappa shape index (κ1) is 20.4. The molecule has 2 aromatic rings. The Morgan fingerprint density at radius 3 is 1.88 bits per heavy atom. The molecule has 0 fully saturated rings. The van der Waals surface area contributed by atoms with E-state index in [-0.39, 0.29) is 6.42 Å². The maximum absolute atomic E-state index is 11.8. The average molecular weight is 359 g/mol.